The maximum absolute atomic E-state index is 12.4. The quantitative estimate of drug-likeness (QED) is 0.407. The number of nitrogens with zero attached hydrogens (tertiary/aromatic N) is 5. The molecule has 1 amide bonds. The summed E-state index contributed by atoms with van der Waals surface area (Å²) in [6, 6.07) is 6.24. The second kappa shape index (κ2) is 6.44. The fourth-order valence-corrected chi connectivity index (χ4v) is 3.45. The number of benzene rings is 1. The highest BCUT2D eigenvalue weighted by Crippen LogP contribution is 2.23. The molecule has 2 aromatic heterocycles. The number of rotatable bonds is 4. The number of hydrogen-bond acceptors (Lipinski definition) is 5. The van der Waals surface area contributed by atoms with Crippen molar-refractivity contribution >= 4 is 33.1 Å². The minimum Gasteiger partial charge on any atom is -0.312 e. The molecule has 0 bridgehead atoms. The van der Waals surface area contributed by atoms with Gasteiger partial charge >= 0.3 is 0 Å². The van der Waals surface area contributed by atoms with Crippen molar-refractivity contribution in [2.45, 2.75) is 13.5 Å². The van der Waals surface area contributed by atoms with Crippen molar-refractivity contribution in [1.29, 1.82) is 0 Å². The van der Waals surface area contributed by atoms with Crippen LogP contribution in [0.15, 0.2) is 41.9 Å². The molecule has 3 aromatic rings. The lowest BCUT2D eigenvalue weighted by Crippen LogP contribution is -2.16. The molecule has 8 nitrogen and oxygen atoms in total. The lowest BCUT2D eigenvalue weighted by atomic mass is 10.3. The number of thiazole rings is 1. The molecule has 2 heterocycles. The third-order valence-electron chi connectivity index (χ3n) is 3.72. The third-order valence-corrected chi connectivity index (χ3v) is 4.76. The molecule has 0 aliphatic heterocycles. The van der Waals surface area contributed by atoms with Gasteiger partial charge in [0.15, 0.2) is 10.5 Å². The van der Waals surface area contributed by atoms with Gasteiger partial charge in [0, 0.05) is 31.4 Å². The second-order valence-electron chi connectivity index (χ2n) is 5.40. The normalized spacial score (nSPS) is 11.8. The van der Waals surface area contributed by atoms with Crippen LogP contribution in [0.3, 0.4) is 0 Å². The highest BCUT2D eigenvalue weighted by molar-refractivity contribution is 7.16. The monoisotopic (exact) mass is 357 g/mol. The first-order valence-corrected chi connectivity index (χ1v) is 8.20. The Morgan fingerprint density at radius 2 is 2.24 bits per heavy atom. The summed E-state index contributed by atoms with van der Waals surface area (Å²) >= 11 is 1.22. The Labute approximate surface area is 146 Å². The van der Waals surface area contributed by atoms with Crippen molar-refractivity contribution in [3.05, 3.63) is 63.2 Å². The molecule has 128 valence electrons. The molecule has 0 fully saturated rings. The third kappa shape index (κ3) is 3.13. The molecule has 0 aliphatic rings. The summed E-state index contributed by atoms with van der Waals surface area (Å²) in [6.07, 6.45) is 1.68. The number of aryl methyl sites for hydroxylation is 2. The molecular formula is C16H15N5O3S. The molecular weight excluding hydrogens is 342 g/mol. The Bertz CT molecular complexity index is 1050. The topological polar surface area (TPSA) is 95.3 Å². The van der Waals surface area contributed by atoms with E-state index < -0.39 is 10.8 Å². The number of aromatic nitrogens is 3. The van der Waals surface area contributed by atoms with Crippen LogP contribution in [-0.2, 0) is 13.6 Å². The lowest BCUT2D eigenvalue weighted by Gasteiger charge is -2.00. The van der Waals surface area contributed by atoms with Crippen LogP contribution >= 0.6 is 11.3 Å². The highest BCUT2D eigenvalue weighted by atomic mass is 32.1. The number of carbonyl (C=O) groups excluding carboxylic acids is 1. The SMILES string of the molecule is C=CCn1c(=NC(=O)c2cc(C)n(C)n2)sc2cc([N+](=O)[O-])ccc21. The minimum atomic E-state index is -0.456. The molecule has 0 unspecified atom stereocenters. The highest BCUT2D eigenvalue weighted by Gasteiger charge is 2.14. The van der Waals surface area contributed by atoms with Crippen molar-refractivity contribution in [3.8, 4) is 0 Å². The molecule has 0 aliphatic carbocycles. The van der Waals surface area contributed by atoms with E-state index in [2.05, 4.69) is 16.7 Å². The van der Waals surface area contributed by atoms with Gasteiger partial charge in [0.1, 0.15) is 0 Å². The van der Waals surface area contributed by atoms with Crippen molar-refractivity contribution in [3.63, 3.8) is 0 Å². The van der Waals surface area contributed by atoms with E-state index in [4.69, 9.17) is 0 Å². The summed E-state index contributed by atoms with van der Waals surface area (Å²) in [7, 11) is 1.75. The van der Waals surface area contributed by atoms with Gasteiger partial charge in [-0.3, -0.25) is 19.6 Å². The van der Waals surface area contributed by atoms with Crippen LogP contribution in [0.4, 0.5) is 5.69 Å². The summed E-state index contributed by atoms with van der Waals surface area (Å²) in [5.41, 5.74) is 1.87. The second-order valence-corrected chi connectivity index (χ2v) is 6.41. The Balaban J connectivity index is 2.16. The Hall–Kier alpha value is -3.07. The number of amides is 1. The van der Waals surface area contributed by atoms with Crippen LogP contribution < -0.4 is 4.80 Å². The van der Waals surface area contributed by atoms with Gasteiger partial charge in [-0.2, -0.15) is 10.1 Å². The van der Waals surface area contributed by atoms with Crippen LogP contribution in [-0.4, -0.2) is 25.2 Å². The predicted octanol–water partition coefficient (Wildman–Crippen LogP) is 2.58. The van der Waals surface area contributed by atoms with Crippen LogP contribution in [0, 0.1) is 17.0 Å². The maximum Gasteiger partial charge on any atom is 0.300 e. The summed E-state index contributed by atoms with van der Waals surface area (Å²) in [5, 5.41) is 15.1. The standard InChI is InChI=1S/C16H15N5O3S/c1-4-7-20-13-6-5-11(21(23)24)9-14(13)25-16(20)17-15(22)12-8-10(2)19(3)18-12/h4-6,8-9H,1,7H2,2-3H3. The fraction of sp³-hybridized carbons (Fsp3) is 0.188. The van der Waals surface area contributed by atoms with Gasteiger partial charge in [0.25, 0.3) is 11.6 Å². The maximum atomic E-state index is 12.4. The molecule has 25 heavy (non-hydrogen) atoms. The molecule has 0 radical (unpaired) electrons. The van der Waals surface area contributed by atoms with Gasteiger partial charge < -0.3 is 4.57 Å². The van der Waals surface area contributed by atoms with Gasteiger partial charge in [-0.05, 0) is 19.1 Å². The summed E-state index contributed by atoms with van der Waals surface area (Å²) < 4.78 is 4.08. The van der Waals surface area contributed by atoms with Gasteiger partial charge in [-0.1, -0.05) is 17.4 Å². The number of hydrogen-bond donors (Lipinski definition) is 0. The summed E-state index contributed by atoms with van der Waals surface area (Å²) in [5.74, 6) is -0.456. The van der Waals surface area contributed by atoms with Crippen LogP contribution in [0.25, 0.3) is 10.2 Å². The molecule has 0 atom stereocenters. The summed E-state index contributed by atoms with van der Waals surface area (Å²) in [4.78, 5) is 27.5. The van der Waals surface area contributed by atoms with Gasteiger partial charge in [0.2, 0.25) is 0 Å². The average Bonchev–Trinajstić information content (AvgIpc) is 3.08. The van der Waals surface area contributed by atoms with E-state index in [1.807, 2.05) is 6.92 Å². The van der Waals surface area contributed by atoms with Gasteiger partial charge in [-0.25, -0.2) is 0 Å². The minimum absolute atomic E-state index is 0.00210. The molecule has 1 aromatic carbocycles. The van der Waals surface area contributed by atoms with E-state index in [9.17, 15) is 14.9 Å². The number of nitro benzene ring substituents is 1. The first kappa shape index (κ1) is 16.8. The van der Waals surface area contributed by atoms with E-state index in [1.54, 1.807) is 34.5 Å². The number of fused-ring (bicyclic) bond motifs is 1. The van der Waals surface area contributed by atoms with Crippen molar-refractivity contribution in [2.24, 2.45) is 12.0 Å². The zero-order chi connectivity index (χ0) is 18.1. The van der Waals surface area contributed by atoms with Crippen LogP contribution in [0.1, 0.15) is 16.2 Å². The smallest absolute Gasteiger partial charge is 0.300 e. The van der Waals surface area contributed by atoms with E-state index in [-0.39, 0.29) is 11.4 Å². The van der Waals surface area contributed by atoms with Gasteiger partial charge in [-0.15, -0.1) is 6.58 Å². The molecule has 9 heteroatoms. The molecule has 0 spiro atoms. The Kier molecular flexibility index (Phi) is 4.32. The zero-order valence-corrected chi connectivity index (χ0v) is 14.5. The zero-order valence-electron chi connectivity index (χ0n) is 13.7. The largest absolute Gasteiger partial charge is 0.312 e. The number of carbonyl (C=O) groups is 1. The van der Waals surface area contributed by atoms with Crippen LogP contribution in [0.2, 0.25) is 0 Å². The van der Waals surface area contributed by atoms with E-state index in [0.29, 0.717) is 16.0 Å². The van der Waals surface area contributed by atoms with E-state index >= 15 is 0 Å². The van der Waals surface area contributed by atoms with Gasteiger partial charge in [0.05, 0.1) is 15.1 Å². The number of allylic oxidation sites excluding steroid dienone is 1. The molecule has 3 rings (SSSR count). The van der Waals surface area contributed by atoms with E-state index in [1.165, 1.54) is 23.5 Å². The average molecular weight is 357 g/mol. The number of non-ortho nitro benzene ring substituents is 1. The molecule has 0 saturated heterocycles. The first-order chi connectivity index (χ1) is 11.9. The first-order valence-electron chi connectivity index (χ1n) is 7.39. The van der Waals surface area contributed by atoms with Crippen molar-refractivity contribution < 1.29 is 9.72 Å². The summed E-state index contributed by atoms with van der Waals surface area (Å²) in [6.45, 7) is 6.00. The fourth-order valence-electron chi connectivity index (χ4n) is 2.38. The predicted molar refractivity (Wildman–Crippen MR) is 94.5 cm³/mol. The molecule has 0 saturated carbocycles. The van der Waals surface area contributed by atoms with Crippen molar-refractivity contribution in [2.75, 3.05) is 0 Å². The van der Waals surface area contributed by atoms with E-state index in [0.717, 1.165) is 11.2 Å². The molecule has 0 N–H and O–H groups in total. The number of nitro groups is 1. The van der Waals surface area contributed by atoms with Crippen molar-refractivity contribution in [1.82, 2.24) is 14.3 Å². The Morgan fingerprint density at radius 1 is 1.48 bits per heavy atom. The van der Waals surface area contributed by atoms with Crippen LogP contribution in [0.5, 0.6) is 0 Å². The Morgan fingerprint density at radius 3 is 2.84 bits per heavy atom. The lowest BCUT2D eigenvalue weighted by molar-refractivity contribution is -0.384.